The Kier molecular flexibility index (Phi) is 3.02. The van der Waals surface area contributed by atoms with Gasteiger partial charge in [0.15, 0.2) is 0 Å². The van der Waals surface area contributed by atoms with Crippen LogP contribution in [-0.2, 0) is 0 Å². The second-order valence-corrected chi connectivity index (χ2v) is 2.68. The summed E-state index contributed by atoms with van der Waals surface area (Å²) in [6, 6.07) is 0.0532. The second kappa shape index (κ2) is 3.84. The quantitative estimate of drug-likeness (QED) is 0.609. The second-order valence-electron chi connectivity index (χ2n) is 2.68. The summed E-state index contributed by atoms with van der Waals surface area (Å²) in [7, 11) is 0. The molecule has 0 radical (unpaired) electrons. The van der Waals surface area contributed by atoms with E-state index in [0.717, 1.165) is 6.54 Å². The van der Waals surface area contributed by atoms with Gasteiger partial charge >= 0.3 is 0 Å². The number of halogens is 1. The molecule has 5 nitrogen and oxygen atoms in total. The Labute approximate surface area is 76.2 Å². The van der Waals surface area contributed by atoms with Gasteiger partial charge in [-0.3, -0.25) is 0 Å². The van der Waals surface area contributed by atoms with E-state index >= 15 is 0 Å². The van der Waals surface area contributed by atoms with Crippen LogP contribution in [0.3, 0.4) is 0 Å². The van der Waals surface area contributed by atoms with Crippen molar-refractivity contribution in [2.45, 2.75) is 12.1 Å². The van der Waals surface area contributed by atoms with Crippen LogP contribution in [0, 0.1) is 0 Å². The van der Waals surface area contributed by atoms with E-state index in [4.69, 9.17) is 0 Å². The molecule has 12 heavy (non-hydrogen) atoms. The van der Waals surface area contributed by atoms with Crippen molar-refractivity contribution in [3.05, 3.63) is 12.4 Å². The van der Waals surface area contributed by atoms with Crippen LogP contribution in [0.25, 0.3) is 0 Å². The number of β-amino-alcohol motifs (C(OH)–C–C–N with tert-alkyl or cyclic N) is 1. The average Bonchev–Trinajstić information content (AvgIpc) is 2.55. The van der Waals surface area contributed by atoms with Crippen LogP contribution >= 0.6 is 12.4 Å². The van der Waals surface area contributed by atoms with Crippen molar-refractivity contribution in [2.24, 2.45) is 0 Å². The molecule has 6 heteroatoms. The van der Waals surface area contributed by atoms with Crippen LogP contribution in [0.5, 0.6) is 0 Å². The molecule has 0 unspecified atom stereocenters. The third kappa shape index (κ3) is 1.57. The molecule has 0 aromatic carbocycles. The highest BCUT2D eigenvalue weighted by atomic mass is 35.5. The summed E-state index contributed by atoms with van der Waals surface area (Å²) in [5.74, 6) is 0. The first kappa shape index (κ1) is 9.44. The largest absolute Gasteiger partial charge is 0.390 e. The van der Waals surface area contributed by atoms with Crippen molar-refractivity contribution in [3.8, 4) is 0 Å². The zero-order valence-corrected chi connectivity index (χ0v) is 7.24. The van der Waals surface area contributed by atoms with Crippen LogP contribution < -0.4 is 5.32 Å². The molecule has 0 saturated carbocycles. The normalized spacial score (nSPS) is 28.4. The molecule has 0 amide bonds. The third-order valence-corrected chi connectivity index (χ3v) is 1.93. The molecule has 2 rings (SSSR count). The maximum absolute atomic E-state index is 9.41. The lowest BCUT2D eigenvalue weighted by atomic mass is 10.2. The highest BCUT2D eigenvalue weighted by molar-refractivity contribution is 5.85. The van der Waals surface area contributed by atoms with Crippen LogP contribution in [0.4, 0.5) is 0 Å². The van der Waals surface area contributed by atoms with Gasteiger partial charge in [-0.1, -0.05) is 5.21 Å². The predicted molar refractivity (Wildman–Crippen MR) is 45.2 cm³/mol. The first-order valence-electron chi connectivity index (χ1n) is 3.62. The van der Waals surface area contributed by atoms with Crippen molar-refractivity contribution in [1.29, 1.82) is 0 Å². The lowest BCUT2D eigenvalue weighted by molar-refractivity contribution is 0.143. The first-order valence-corrected chi connectivity index (χ1v) is 3.62. The van der Waals surface area contributed by atoms with Gasteiger partial charge in [-0.05, 0) is 0 Å². The van der Waals surface area contributed by atoms with Crippen LogP contribution in [0.2, 0.25) is 0 Å². The number of nitrogens with zero attached hydrogens (tertiary/aromatic N) is 3. The van der Waals surface area contributed by atoms with Crippen LogP contribution in [0.15, 0.2) is 12.4 Å². The molecular formula is C6H11ClN4O. The molecule has 1 aromatic rings. The van der Waals surface area contributed by atoms with Gasteiger partial charge in [-0.15, -0.1) is 17.5 Å². The molecule has 1 aromatic heterocycles. The van der Waals surface area contributed by atoms with Gasteiger partial charge in [0.1, 0.15) is 0 Å². The number of hydrogen-bond donors (Lipinski definition) is 2. The Bertz CT molecular complexity index is 227. The topological polar surface area (TPSA) is 63.0 Å². The molecule has 0 bridgehead atoms. The molecule has 1 aliphatic heterocycles. The van der Waals surface area contributed by atoms with E-state index in [9.17, 15) is 5.11 Å². The first-order chi connectivity index (χ1) is 5.38. The zero-order chi connectivity index (χ0) is 7.68. The molecule has 2 heterocycles. The summed E-state index contributed by atoms with van der Waals surface area (Å²) < 4.78 is 1.69. The van der Waals surface area contributed by atoms with Gasteiger partial charge in [0.05, 0.1) is 18.3 Å². The van der Waals surface area contributed by atoms with Gasteiger partial charge in [-0.2, -0.15) is 0 Å². The molecule has 2 N–H and O–H groups in total. The summed E-state index contributed by atoms with van der Waals surface area (Å²) in [6.45, 7) is 1.41. The smallest absolute Gasteiger partial charge is 0.0932 e. The highest BCUT2D eigenvalue weighted by Gasteiger charge is 2.26. The van der Waals surface area contributed by atoms with Crippen molar-refractivity contribution in [1.82, 2.24) is 20.3 Å². The fourth-order valence-electron chi connectivity index (χ4n) is 1.32. The SMILES string of the molecule is Cl.O[C@H]1CNC[C@H]1n1ccnn1. The maximum Gasteiger partial charge on any atom is 0.0932 e. The van der Waals surface area contributed by atoms with Crippen LogP contribution in [0.1, 0.15) is 6.04 Å². The molecule has 68 valence electrons. The van der Waals surface area contributed by atoms with E-state index in [1.807, 2.05) is 0 Å². The molecule has 2 atom stereocenters. The number of rotatable bonds is 1. The Balaban J connectivity index is 0.000000720. The maximum atomic E-state index is 9.41. The Morgan fingerprint density at radius 1 is 1.50 bits per heavy atom. The van der Waals surface area contributed by atoms with E-state index in [0.29, 0.717) is 6.54 Å². The lowest BCUT2D eigenvalue weighted by Crippen LogP contribution is -2.22. The molecule has 1 aliphatic rings. The monoisotopic (exact) mass is 190 g/mol. The standard InChI is InChI=1S/C6H10N4O.ClH/c11-6-4-7-3-5(6)10-2-1-8-9-10;/h1-2,5-7,11H,3-4H2;1H/t5-,6+;/m1./s1. The van der Waals surface area contributed by atoms with Crippen molar-refractivity contribution in [2.75, 3.05) is 13.1 Å². The molecule has 0 spiro atoms. The van der Waals surface area contributed by atoms with Crippen LogP contribution in [-0.4, -0.2) is 39.3 Å². The zero-order valence-electron chi connectivity index (χ0n) is 6.42. The number of aromatic nitrogens is 3. The molecular weight excluding hydrogens is 180 g/mol. The minimum Gasteiger partial charge on any atom is -0.390 e. The molecule has 1 saturated heterocycles. The van der Waals surface area contributed by atoms with Crippen molar-refractivity contribution < 1.29 is 5.11 Å². The van der Waals surface area contributed by atoms with Gasteiger partial charge in [0, 0.05) is 19.3 Å². The third-order valence-electron chi connectivity index (χ3n) is 1.93. The summed E-state index contributed by atoms with van der Waals surface area (Å²) >= 11 is 0. The molecule has 1 fully saturated rings. The minimum atomic E-state index is -0.336. The molecule has 0 aliphatic carbocycles. The van der Waals surface area contributed by atoms with Gasteiger partial charge in [0.2, 0.25) is 0 Å². The van der Waals surface area contributed by atoms with E-state index < -0.39 is 0 Å². The summed E-state index contributed by atoms with van der Waals surface area (Å²) in [6.07, 6.45) is 3.04. The van der Waals surface area contributed by atoms with E-state index in [1.54, 1.807) is 17.1 Å². The van der Waals surface area contributed by atoms with E-state index in [2.05, 4.69) is 15.6 Å². The van der Waals surface area contributed by atoms with Crippen molar-refractivity contribution >= 4 is 12.4 Å². The summed E-state index contributed by atoms with van der Waals surface area (Å²) in [5.41, 5.74) is 0. The Morgan fingerprint density at radius 2 is 2.33 bits per heavy atom. The van der Waals surface area contributed by atoms with E-state index in [-0.39, 0.29) is 24.6 Å². The fraction of sp³-hybridized carbons (Fsp3) is 0.667. The van der Waals surface area contributed by atoms with Crippen molar-refractivity contribution in [3.63, 3.8) is 0 Å². The number of hydrogen-bond acceptors (Lipinski definition) is 4. The van der Waals surface area contributed by atoms with E-state index in [1.165, 1.54) is 0 Å². The average molecular weight is 191 g/mol. The predicted octanol–water partition coefficient (Wildman–Crippen LogP) is -0.795. The Morgan fingerprint density at radius 3 is 2.83 bits per heavy atom. The lowest BCUT2D eigenvalue weighted by Gasteiger charge is -2.11. The number of aliphatic hydroxyl groups is 1. The Hall–Kier alpha value is -0.650. The highest BCUT2D eigenvalue weighted by Crippen LogP contribution is 2.12. The van der Waals surface area contributed by atoms with Gasteiger partial charge < -0.3 is 10.4 Å². The fourth-order valence-corrected chi connectivity index (χ4v) is 1.32. The summed E-state index contributed by atoms with van der Waals surface area (Å²) in [4.78, 5) is 0. The minimum absolute atomic E-state index is 0. The number of aliphatic hydroxyl groups excluding tert-OH is 1. The van der Waals surface area contributed by atoms with Gasteiger partial charge in [-0.25, -0.2) is 4.68 Å². The number of nitrogens with one attached hydrogen (secondary N) is 1. The van der Waals surface area contributed by atoms with Gasteiger partial charge in [0.25, 0.3) is 0 Å². The summed E-state index contributed by atoms with van der Waals surface area (Å²) in [5, 5.41) is 20.0.